The van der Waals surface area contributed by atoms with Crippen LogP contribution in [0.25, 0.3) is 0 Å². The van der Waals surface area contributed by atoms with Crippen LogP contribution in [0.5, 0.6) is 0 Å². The minimum atomic E-state index is -0.172. The number of aryl methyl sites for hydroxylation is 1. The Morgan fingerprint density at radius 3 is 2.67 bits per heavy atom. The van der Waals surface area contributed by atoms with Gasteiger partial charge in [-0.1, -0.05) is 6.07 Å². The molecule has 1 aliphatic heterocycles. The SMILES string of the molecule is Cc1ccc(C(=O)N2CCN(C)C(=O)C2)c(N)c1. The van der Waals surface area contributed by atoms with Crippen LogP contribution in [0.3, 0.4) is 0 Å². The molecule has 96 valence electrons. The van der Waals surface area contributed by atoms with Crippen molar-refractivity contribution in [2.45, 2.75) is 6.92 Å². The van der Waals surface area contributed by atoms with E-state index in [2.05, 4.69) is 0 Å². The summed E-state index contributed by atoms with van der Waals surface area (Å²) < 4.78 is 0. The van der Waals surface area contributed by atoms with Gasteiger partial charge in [0.2, 0.25) is 5.91 Å². The van der Waals surface area contributed by atoms with Crippen LogP contribution in [-0.2, 0) is 4.79 Å². The number of nitrogens with two attached hydrogens (primary N) is 1. The number of piperazine rings is 1. The van der Waals surface area contributed by atoms with Gasteiger partial charge in [-0.2, -0.15) is 0 Å². The lowest BCUT2D eigenvalue weighted by Gasteiger charge is -2.32. The molecule has 0 unspecified atom stereocenters. The van der Waals surface area contributed by atoms with E-state index in [-0.39, 0.29) is 18.4 Å². The van der Waals surface area contributed by atoms with E-state index >= 15 is 0 Å². The second-order valence-corrected chi connectivity index (χ2v) is 4.63. The Hall–Kier alpha value is -2.04. The molecule has 5 heteroatoms. The van der Waals surface area contributed by atoms with E-state index in [1.54, 1.807) is 29.0 Å². The van der Waals surface area contributed by atoms with E-state index in [0.29, 0.717) is 24.3 Å². The number of hydrogen-bond donors (Lipinski definition) is 1. The van der Waals surface area contributed by atoms with Crippen molar-refractivity contribution >= 4 is 17.5 Å². The van der Waals surface area contributed by atoms with Gasteiger partial charge in [0.15, 0.2) is 0 Å². The second kappa shape index (κ2) is 4.68. The van der Waals surface area contributed by atoms with Gasteiger partial charge in [0.05, 0.1) is 5.56 Å². The van der Waals surface area contributed by atoms with Crippen LogP contribution in [0.2, 0.25) is 0 Å². The molecule has 2 N–H and O–H groups in total. The van der Waals surface area contributed by atoms with Gasteiger partial charge in [-0.15, -0.1) is 0 Å². The molecule has 0 bridgehead atoms. The summed E-state index contributed by atoms with van der Waals surface area (Å²) in [5.74, 6) is -0.214. The summed E-state index contributed by atoms with van der Waals surface area (Å²) in [5.41, 5.74) is 7.80. The molecule has 0 atom stereocenters. The van der Waals surface area contributed by atoms with Crippen LogP contribution in [0.1, 0.15) is 15.9 Å². The number of rotatable bonds is 1. The third-order valence-electron chi connectivity index (χ3n) is 3.18. The van der Waals surface area contributed by atoms with Crippen LogP contribution in [0, 0.1) is 6.92 Å². The summed E-state index contributed by atoms with van der Waals surface area (Å²) in [5, 5.41) is 0. The monoisotopic (exact) mass is 247 g/mol. The van der Waals surface area contributed by atoms with Crippen molar-refractivity contribution in [1.82, 2.24) is 9.80 Å². The van der Waals surface area contributed by atoms with Crippen molar-refractivity contribution < 1.29 is 9.59 Å². The maximum atomic E-state index is 12.3. The standard InChI is InChI=1S/C13H17N3O2/c1-9-3-4-10(11(14)7-9)13(18)16-6-5-15(2)12(17)8-16/h3-4,7H,5-6,8,14H2,1-2H3. The molecule has 1 saturated heterocycles. The second-order valence-electron chi connectivity index (χ2n) is 4.63. The Bertz CT molecular complexity index is 499. The minimum absolute atomic E-state index is 0.0414. The maximum Gasteiger partial charge on any atom is 0.256 e. The highest BCUT2D eigenvalue weighted by Crippen LogP contribution is 2.17. The molecule has 0 spiro atoms. The number of amides is 2. The molecule has 0 radical (unpaired) electrons. The van der Waals surface area contributed by atoms with Crippen LogP contribution >= 0.6 is 0 Å². The maximum absolute atomic E-state index is 12.3. The van der Waals surface area contributed by atoms with Crippen LogP contribution < -0.4 is 5.73 Å². The van der Waals surface area contributed by atoms with Gasteiger partial charge in [0.1, 0.15) is 6.54 Å². The highest BCUT2D eigenvalue weighted by molar-refractivity contribution is 6.01. The third kappa shape index (κ3) is 2.30. The molecular formula is C13H17N3O2. The zero-order valence-electron chi connectivity index (χ0n) is 10.6. The number of hydrogen-bond acceptors (Lipinski definition) is 3. The normalized spacial score (nSPS) is 16.0. The molecule has 2 amide bonds. The van der Waals surface area contributed by atoms with Gasteiger partial charge in [0, 0.05) is 25.8 Å². The third-order valence-corrected chi connectivity index (χ3v) is 3.18. The lowest BCUT2D eigenvalue weighted by molar-refractivity contribution is -0.133. The smallest absolute Gasteiger partial charge is 0.256 e. The summed E-state index contributed by atoms with van der Waals surface area (Å²) in [6.45, 7) is 3.16. The van der Waals surface area contributed by atoms with Crippen LogP contribution in [-0.4, -0.2) is 48.3 Å². The van der Waals surface area contributed by atoms with Crippen molar-refractivity contribution in [3.8, 4) is 0 Å². The van der Waals surface area contributed by atoms with Crippen molar-refractivity contribution in [1.29, 1.82) is 0 Å². The van der Waals surface area contributed by atoms with E-state index < -0.39 is 0 Å². The fourth-order valence-corrected chi connectivity index (χ4v) is 1.98. The van der Waals surface area contributed by atoms with E-state index in [9.17, 15) is 9.59 Å². The number of benzene rings is 1. The first-order valence-electron chi connectivity index (χ1n) is 5.88. The summed E-state index contributed by atoms with van der Waals surface area (Å²) in [7, 11) is 1.74. The molecule has 0 aromatic heterocycles. The Kier molecular flexibility index (Phi) is 3.23. The number of carbonyl (C=O) groups excluding carboxylic acids is 2. The van der Waals surface area contributed by atoms with Gasteiger partial charge in [-0.3, -0.25) is 9.59 Å². The summed E-state index contributed by atoms with van der Waals surface area (Å²) in [4.78, 5) is 27.0. The molecule has 0 aliphatic carbocycles. The fraction of sp³-hybridized carbons (Fsp3) is 0.385. The van der Waals surface area contributed by atoms with Gasteiger partial charge in [-0.25, -0.2) is 0 Å². The van der Waals surface area contributed by atoms with Crippen molar-refractivity contribution in [2.24, 2.45) is 0 Å². The lowest BCUT2D eigenvalue weighted by atomic mass is 10.1. The highest BCUT2D eigenvalue weighted by Gasteiger charge is 2.26. The first-order chi connectivity index (χ1) is 8.49. The summed E-state index contributed by atoms with van der Waals surface area (Å²) >= 11 is 0. The molecule has 18 heavy (non-hydrogen) atoms. The fourth-order valence-electron chi connectivity index (χ4n) is 1.98. The molecule has 0 saturated carbocycles. The summed E-state index contributed by atoms with van der Waals surface area (Å²) in [6.07, 6.45) is 0. The van der Waals surface area contributed by atoms with Gasteiger partial charge in [-0.05, 0) is 24.6 Å². The topological polar surface area (TPSA) is 66.6 Å². The molecule has 1 heterocycles. The number of anilines is 1. The Morgan fingerprint density at radius 1 is 1.33 bits per heavy atom. The highest BCUT2D eigenvalue weighted by atomic mass is 16.2. The van der Waals surface area contributed by atoms with Crippen molar-refractivity contribution in [3.63, 3.8) is 0 Å². The first-order valence-corrected chi connectivity index (χ1v) is 5.88. The molecular weight excluding hydrogens is 230 g/mol. The molecule has 1 aromatic carbocycles. The largest absolute Gasteiger partial charge is 0.398 e. The predicted molar refractivity (Wildman–Crippen MR) is 69.1 cm³/mol. The summed E-state index contributed by atoms with van der Waals surface area (Å²) in [6, 6.07) is 5.34. The van der Waals surface area contributed by atoms with Crippen LogP contribution in [0.15, 0.2) is 18.2 Å². The molecule has 5 nitrogen and oxygen atoms in total. The van der Waals surface area contributed by atoms with Crippen molar-refractivity contribution in [3.05, 3.63) is 29.3 Å². The number of likely N-dealkylation sites (N-methyl/N-ethyl adjacent to an activating group) is 1. The Morgan fingerprint density at radius 2 is 2.06 bits per heavy atom. The van der Waals surface area contributed by atoms with E-state index in [4.69, 9.17) is 5.73 Å². The van der Waals surface area contributed by atoms with Gasteiger partial charge >= 0.3 is 0 Å². The first kappa shape index (κ1) is 12.4. The zero-order chi connectivity index (χ0) is 13.3. The predicted octanol–water partition coefficient (Wildman–Crippen LogP) is 0.491. The van der Waals surface area contributed by atoms with Gasteiger partial charge in [0.25, 0.3) is 5.91 Å². The van der Waals surface area contributed by atoms with E-state index in [0.717, 1.165) is 5.56 Å². The molecule has 2 rings (SSSR count). The number of nitrogens with zero attached hydrogens (tertiary/aromatic N) is 2. The number of nitrogen functional groups attached to an aromatic ring is 1. The molecule has 1 fully saturated rings. The molecule has 1 aliphatic rings. The quantitative estimate of drug-likeness (QED) is 0.734. The van der Waals surface area contributed by atoms with Crippen LogP contribution in [0.4, 0.5) is 5.69 Å². The Balaban J connectivity index is 2.19. The lowest BCUT2D eigenvalue weighted by Crippen LogP contribution is -2.50. The minimum Gasteiger partial charge on any atom is -0.398 e. The average Bonchev–Trinajstić information content (AvgIpc) is 2.32. The molecule has 1 aromatic rings. The van der Waals surface area contributed by atoms with E-state index in [1.807, 2.05) is 13.0 Å². The van der Waals surface area contributed by atoms with Crippen molar-refractivity contribution in [2.75, 3.05) is 32.4 Å². The number of carbonyl (C=O) groups is 2. The van der Waals surface area contributed by atoms with E-state index in [1.165, 1.54) is 0 Å². The Labute approximate surface area is 106 Å². The van der Waals surface area contributed by atoms with Gasteiger partial charge < -0.3 is 15.5 Å². The zero-order valence-corrected chi connectivity index (χ0v) is 10.6. The average molecular weight is 247 g/mol.